The van der Waals surface area contributed by atoms with Gasteiger partial charge in [0.05, 0.1) is 17.2 Å². The van der Waals surface area contributed by atoms with E-state index in [1.54, 1.807) is 0 Å². The van der Waals surface area contributed by atoms with Gasteiger partial charge in [0.15, 0.2) is 9.84 Å². The first-order valence-electron chi connectivity index (χ1n) is 5.87. The van der Waals surface area contributed by atoms with Gasteiger partial charge in [-0.25, -0.2) is 21.2 Å². The van der Waals surface area contributed by atoms with E-state index in [9.17, 15) is 21.2 Å². The number of sulfonamides is 1. The maximum Gasteiger partial charge on any atom is 0.245 e. The van der Waals surface area contributed by atoms with Crippen LogP contribution in [0.15, 0.2) is 23.1 Å². The lowest BCUT2D eigenvalue weighted by molar-refractivity contribution is 0.394. The number of nitrogens with two attached hydrogens (primary N) is 1. The molecular weight excluding hydrogens is 307 g/mol. The minimum atomic E-state index is -4.02. The average molecular weight is 322 g/mol. The van der Waals surface area contributed by atoms with Crippen molar-refractivity contribution in [2.24, 2.45) is 0 Å². The Kier molecular flexibility index (Phi) is 3.78. The Balaban J connectivity index is 2.38. The maximum absolute atomic E-state index is 13.2. The lowest BCUT2D eigenvalue weighted by Gasteiger charge is -2.23. The zero-order valence-corrected chi connectivity index (χ0v) is 12.4. The Labute approximate surface area is 117 Å². The molecule has 0 amide bonds. The Hall–Kier alpha value is -1.19. The number of sulfone groups is 1. The summed E-state index contributed by atoms with van der Waals surface area (Å²) in [5, 5.41) is 0. The van der Waals surface area contributed by atoms with Crippen molar-refractivity contribution in [1.82, 2.24) is 4.31 Å². The molecule has 1 aromatic rings. The summed E-state index contributed by atoms with van der Waals surface area (Å²) in [5.41, 5.74) is 5.50. The van der Waals surface area contributed by atoms with E-state index in [0.29, 0.717) is 0 Å². The zero-order chi connectivity index (χ0) is 15.1. The molecular formula is C11H15FN2O4S2. The molecule has 20 heavy (non-hydrogen) atoms. The van der Waals surface area contributed by atoms with Crippen LogP contribution >= 0.6 is 0 Å². The molecule has 2 rings (SSSR count). The van der Waals surface area contributed by atoms with Crippen LogP contribution in [0.5, 0.6) is 0 Å². The van der Waals surface area contributed by atoms with Gasteiger partial charge in [0.25, 0.3) is 0 Å². The maximum atomic E-state index is 13.2. The number of benzene rings is 1. The zero-order valence-electron chi connectivity index (χ0n) is 10.8. The summed E-state index contributed by atoms with van der Waals surface area (Å²) < 4.78 is 61.8. The molecule has 0 spiro atoms. The summed E-state index contributed by atoms with van der Waals surface area (Å²) in [6, 6.07) is 2.42. The Morgan fingerprint density at radius 3 is 2.60 bits per heavy atom. The number of halogens is 1. The van der Waals surface area contributed by atoms with Crippen molar-refractivity contribution in [3.8, 4) is 0 Å². The standard InChI is InChI=1S/C11H15FN2O4S2/c1-14(9-4-5-19(15,16)7-9)20(17,18)11-6-8(12)2-3-10(11)13/h2-3,6,9H,4-5,7,13H2,1H3. The van der Waals surface area contributed by atoms with Crippen LogP contribution in [-0.4, -0.2) is 45.7 Å². The van der Waals surface area contributed by atoms with E-state index in [1.807, 2.05) is 0 Å². The molecule has 0 saturated carbocycles. The molecule has 1 unspecified atom stereocenters. The highest BCUT2D eigenvalue weighted by molar-refractivity contribution is 7.92. The first-order chi connectivity index (χ1) is 9.13. The molecule has 6 nitrogen and oxygen atoms in total. The summed E-state index contributed by atoms with van der Waals surface area (Å²) >= 11 is 0. The average Bonchev–Trinajstić information content (AvgIpc) is 2.71. The predicted octanol–water partition coefficient (Wildman–Crippen LogP) is 0.215. The third kappa shape index (κ3) is 2.79. The van der Waals surface area contributed by atoms with E-state index < -0.39 is 31.7 Å². The van der Waals surface area contributed by atoms with Gasteiger partial charge >= 0.3 is 0 Å². The minimum absolute atomic E-state index is 0.0455. The Morgan fingerprint density at radius 1 is 1.40 bits per heavy atom. The lowest BCUT2D eigenvalue weighted by Crippen LogP contribution is -2.38. The molecule has 1 aromatic carbocycles. The van der Waals surface area contributed by atoms with Crippen molar-refractivity contribution < 1.29 is 21.2 Å². The molecule has 1 aliphatic rings. The second-order valence-corrected chi connectivity index (χ2v) is 8.95. The molecule has 0 bridgehead atoms. The molecule has 9 heteroatoms. The van der Waals surface area contributed by atoms with Crippen LogP contribution in [0.2, 0.25) is 0 Å². The highest BCUT2D eigenvalue weighted by atomic mass is 32.2. The molecule has 112 valence electrons. The Bertz CT molecular complexity index is 731. The lowest BCUT2D eigenvalue weighted by atomic mass is 10.3. The molecule has 0 aromatic heterocycles. The first-order valence-corrected chi connectivity index (χ1v) is 9.13. The normalized spacial score (nSPS) is 22.2. The van der Waals surface area contributed by atoms with Crippen LogP contribution in [0.4, 0.5) is 10.1 Å². The molecule has 1 heterocycles. The second-order valence-electron chi connectivity index (χ2n) is 4.76. The third-order valence-corrected chi connectivity index (χ3v) is 7.07. The largest absolute Gasteiger partial charge is 0.398 e. The van der Waals surface area contributed by atoms with Crippen LogP contribution in [-0.2, 0) is 19.9 Å². The number of nitrogens with zero attached hydrogens (tertiary/aromatic N) is 1. The fraction of sp³-hybridized carbons (Fsp3) is 0.455. The van der Waals surface area contributed by atoms with E-state index >= 15 is 0 Å². The number of hydrogen-bond acceptors (Lipinski definition) is 5. The van der Waals surface area contributed by atoms with Gasteiger partial charge in [0.2, 0.25) is 10.0 Å². The topological polar surface area (TPSA) is 97.5 Å². The van der Waals surface area contributed by atoms with Crippen molar-refractivity contribution in [3.05, 3.63) is 24.0 Å². The van der Waals surface area contributed by atoms with Crippen molar-refractivity contribution in [1.29, 1.82) is 0 Å². The Morgan fingerprint density at radius 2 is 2.05 bits per heavy atom. The fourth-order valence-electron chi connectivity index (χ4n) is 2.15. The first kappa shape index (κ1) is 15.2. The van der Waals surface area contributed by atoms with Gasteiger partial charge in [-0.1, -0.05) is 0 Å². The van der Waals surface area contributed by atoms with E-state index in [2.05, 4.69) is 0 Å². The summed E-state index contributed by atoms with van der Waals surface area (Å²) in [5.74, 6) is -0.987. The minimum Gasteiger partial charge on any atom is -0.398 e. The molecule has 1 atom stereocenters. The number of anilines is 1. The van der Waals surface area contributed by atoms with Gasteiger partial charge in [-0.2, -0.15) is 4.31 Å². The highest BCUT2D eigenvalue weighted by Crippen LogP contribution is 2.27. The number of rotatable bonds is 3. The van der Waals surface area contributed by atoms with Gasteiger partial charge in [-0.05, 0) is 24.6 Å². The molecule has 0 aliphatic carbocycles. The summed E-state index contributed by atoms with van der Waals surface area (Å²) in [7, 11) is -5.95. The van der Waals surface area contributed by atoms with Crippen LogP contribution in [0.1, 0.15) is 6.42 Å². The molecule has 2 N–H and O–H groups in total. The van der Waals surface area contributed by atoms with Crippen LogP contribution in [0, 0.1) is 5.82 Å². The summed E-state index contributed by atoms with van der Waals surface area (Å²) in [6.45, 7) is 0. The van der Waals surface area contributed by atoms with E-state index in [-0.39, 0.29) is 28.5 Å². The fourth-order valence-corrected chi connectivity index (χ4v) is 5.52. The van der Waals surface area contributed by atoms with Gasteiger partial charge < -0.3 is 5.73 Å². The highest BCUT2D eigenvalue weighted by Gasteiger charge is 2.37. The van der Waals surface area contributed by atoms with E-state index in [0.717, 1.165) is 16.4 Å². The van der Waals surface area contributed by atoms with E-state index in [1.165, 1.54) is 13.1 Å². The molecule has 1 saturated heterocycles. The SMILES string of the molecule is CN(C1CCS(=O)(=O)C1)S(=O)(=O)c1cc(F)ccc1N. The van der Waals surface area contributed by atoms with E-state index in [4.69, 9.17) is 5.73 Å². The smallest absolute Gasteiger partial charge is 0.245 e. The van der Waals surface area contributed by atoms with Crippen molar-refractivity contribution in [2.45, 2.75) is 17.4 Å². The van der Waals surface area contributed by atoms with Crippen LogP contribution in [0.25, 0.3) is 0 Å². The van der Waals surface area contributed by atoms with Gasteiger partial charge in [0, 0.05) is 13.1 Å². The second kappa shape index (κ2) is 4.97. The van der Waals surface area contributed by atoms with Gasteiger partial charge in [-0.15, -0.1) is 0 Å². The van der Waals surface area contributed by atoms with Gasteiger partial charge in [0.1, 0.15) is 10.7 Å². The van der Waals surface area contributed by atoms with Crippen molar-refractivity contribution in [3.63, 3.8) is 0 Å². The van der Waals surface area contributed by atoms with Crippen molar-refractivity contribution >= 4 is 25.5 Å². The predicted molar refractivity (Wildman–Crippen MR) is 72.8 cm³/mol. The number of nitrogen functional groups attached to an aromatic ring is 1. The third-order valence-electron chi connectivity index (χ3n) is 3.36. The molecule has 1 fully saturated rings. The number of hydrogen-bond donors (Lipinski definition) is 1. The monoisotopic (exact) mass is 322 g/mol. The van der Waals surface area contributed by atoms with Gasteiger partial charge in [-0.3, -0.25) is 0 Å². The molecule has 0 radical (unpaired) electrons. The van der Waals surface area contributed by atoms with Crippen molar-refractivity contribution in [2.75, 3.05) is 24.3 Å². The summed E-state index contributed by atoms with van der Waals surface area (Å²) in [4.78, 5) is -0.343. The van der Waals surface area contributed by atoms with Crippen LogP contribution in [0.3, 0.4) is 0 Å². The quantitative estimate of drug-likeness (QED) is 0.803. The summed E-state index contributed by atoms with van der Waals surface area (Å²) in [6.07, 6.45) is 0.229. The molecule has 1 aliphatic heterocycles. The van der Waals surface area contributed by atoms with Crippen LogP contribution < -0.4 is 5.73 Å².